The predicted octanol–water partition coefficient (Wildman–Crippen LogP) is 2.34. The normalized spacial score (nSPS) is 21.2. The van der Waals surface area contributed by atoms with Crippen molar-refractivity contribution in [3.8, 4) is 11.5 Å². The summed E-state index contributed by atoms with van der Waals surface area (Å²) in [7, 11) is 1.75. The number of benzene rings is 2. The summed E-state index contributed by atoms with van der Waals surface area (Å²) in [5, 5.41) is 0. The molecule has 2 aromatic carbocycles. The van der Waals surface area contributed by atoms with Crippen LogP contribution in [0, 0.1) is 5.92 Å². The molecule has 0 bridgehead atoms. The summed E-state index contributed by atoms with van der Waals surface area (Å²) in [4.78, 5) is 28.5. The smallest absolute Gasteiger partial charge is 0.227 e. The largest absolute Gasteiger partial charge is 0.486 e. The summed E-state index contributed by atoms with van der Waals surface area (Å²) < 4.78 is 11.6. The molecule has 6 heteroatoms. The number of ether oxygens (including phenoxy) is 2. The second-order valence-corrected chi connectivity index (χ2v) is 6.96. The van der Waals surface area contributed by atoms with Gasteiger partial charge in [-0.25, -0.2) is 0 Å². The van der Waals surface area contributed by atoms with Crippen LogP contribution in [-0.2, 0) is 9.59 Å². The van der Waals surface area contributed by atoms with E-state index in [0.29, 0.717) is 25.4 Å². The molecule has 2 heterocycles. The van der Waals surface area contributed by atoms with Crippen molar-refractivity contribution in [2.24, 2.45) is 5.92 Å². The van der Waals surface area contributed by atoms with Gasteiger partial charge < -0.3 is 19.3 Å². The molecular formula is C21H22N2O4. The fraction of sp³-hybridized carbons (Fsp3) is 0.333. The maximum absolute atomic E-state index is 12.8. The van der Waals surface area contributed by atoms with Crippen LogP contribution >= 0.6 is 0 Å². The highest BCUT2D eigenvalue weighted by Gasteiger charge is 2.37. The summed E-state index contributed by atoms with van der Waals surface area (Å²) in [5.74, 6) is 1.03. The van der Waals surface area contributed by atoms with E-state index in [2.05, 4.69) is 0 Å². The number of anilines is 1. The number of carbonyl (C=O) groups is 2. The van der Waals surface area contributed by atoms with Gasteiger partial charge in [0.25, 0.3) is 0 Å². The molecule has 4 rings (SSSR count). The van der Waals surface area contributed by atoms with Crippen LogP contribution in [0.15, 0.2) is 54.6 Å². The molecule has 2 aliphatic rings. The van der Waals surface area contributed by atoms with E-state index in [1.807, 2.05) is 54.6 Å². The van der Waals surface area contributed by atoms with Crippen molar-refractivity contribution in [2.75, 3.05) is 31.6 Å². The molecule has 2 aromatic rings. The monoisotopic (exact) mass is 366 g/mol. The van der Waals surface area contributed by atoms with E-state index in [0.717, 1.165) is 11.4 Å². The molecule has 1 saturated heterocycles. The maximum Gasteiger partial charge on any atom is 0.227 e. The zero-order valence-electron chi connectivity index (χ0n) is 15.2. The Morgan fingerprint density at radius 2 is 1.81 bits per heavy atom. The van der Waals surface area contributed by atoms with Crippen LogP contribution in [0.25, 0.3) is 0 Å². The first-order chi connectivity index (χ1) is 13.1. The van der Waals surface area contributed by atoms with Gasteiger partial charge >= 0.3 is 0 Å². The molecule has 0 aliphatic carbocycles. The van der Waals surface area contributed by atoms with Crippen LogP contribution in [0.2, 0.25) is 0 Å². The summed E-state index contributed by atoms with van der Waals surface area (Å²) >= 11 is 0. The lowest BCUT2D eigenvalue weighted by Gasteiger charge is -2.30. The minimum atomic E-state index is -0.334. The fourth-order valence-corrected chi connectivity index (χ4v) is 3.59. The Balaban J connectivity index is 1.37. The van der Waals surface area contributed by atoms with Crippen LogP contribution in [0.5, 0.6) is 11.5 Å². The highest BCUT2D eigenvalue weighted by Crippen LogP contribution is 2.31. The number of fused-ring (bicyclic) bond motifs is 1. The molecule has 27 heavy (non-hydrogen) atoms. The average molecular weight is 366 g/mol. The van der Waals surface area contributed by atoms with Gasteiger partial charge in [0.2, 0.25) is 11.8 Å². The van der Waals surface area contributed by atoms with Crippen LogP contribution in [0.1, 0.15) is 6.42 Å². The SMILES string of the molecule is CN(CC1COc2ccccc2O1)C(=O)C1CC(=O)N(c2ccccc2)C1. The molecule has 0 aromatic heterocycles. The lowest BCUT2D eigenvalue weighted by atomic mass is 10.1. The van der Waals surface area contributed by atoms with Crippen molar-refractivity contribution < 1.29 is 19.1 Å². The molecule has 0 N–H and O–H groups in total. The van der Waals surface area contributed by atoms with Crippen LogP contribution < -0.4 is 14.4 Å². The van der Waals surface area contributed by atoms with Crippen molar-refractivity contribution in [1.29, 1.82) is 0 Å². The summed E-state index contributed by atoms with van der Waals surface area (Å²) in [5.41, 5.74) is 0.834. The molecule has 0 saturated carbocycles. The third-order valence-corrected chi connectivity index (χ3v) is 4.96. The first kappa shape index (κ1) is 17.4. The van der Waals surface area contributed by atoms with E-state index in [1.54, 1.807) is 16.8 Å². The molecular weight excluding hydrogens is 344 g/mol. The Morgan fingerprint density at radius 1 is 1.11 bits per heavy atom. The Morgan fingerprint density at radius 3 is 2.59 bits per heavy atom. The molecule has 6 nitrogen and oxygen atoms in total. The number of nitrogens with zero attached hydrogens (tertiary/aromatic N) is 2. The third kappa shape index (κ3) is 3.60. The number of hydrogen-bond acceptors (Lipinski definition) is 4. The highest BCUT2D eigenvalue weighted by molar-refractivity contribution is 6.00. The molecule has 1 fully saturated rings. The van der Waals surface area contributed by atoms with E-state index in [1.165, 1.54) is 0 Å². The maximum atomic E-state index is 12.8. The van der Waals surface area contributed by atoms with Crippen LogP contribution in [-0.4, -0.2) is 49.6 Å². The van der Waals surface area contributed by atoms with Gasteiger partial charge in [-0.3, -0.25) is 9.59 Å². The summed E-state index contributed by atoms with van der Waals surface area (Å²) in [6.07, 6.45) is 0.0133. The molecule has 2 aliphatic heterocycles. The topological polar surface area (TPSA) is 59.1 Å². The highest BCUT2D eigenvalue weighted by atomic mass is 16.6. The quantitative estimate of drug-likeness (QED) is 0.833. The van der Waals surface area contributed by atoms with Gasteiger partial charge in [0, 0.05) is 25.7 Å². The Hall–Kier alpha value is -3.02. The van der Waals surface area contributed by atoms with Gasteiger partial charge in [0.05, 0.1) is 12.5 Å². The first-order valence-corrected chi connectivity index (χ1v) is 9.10. The van der Waals surface area contributed by atoms with Gasteiger partial charge in [-0.15, -0.1) is 0 Å². The van der Waals surface area contributed by atoms with Gasteiger partial charge in [-0.1, -0.05) is 30.3 Å². The predicted molar refractivity (Wildman–Crippen MR) is 101 cm³/mol. The van der Waals surface area contributed by atoms with E-state index >= 15 is 0 Å². The molecule has 0 spiro atoms. The number of amides is 2. The molecule has 2 atom stereocenters. The standard InChI is InChI=1S/C21H22N2O4/c1-22(13-17-14-26-18-9-5-6-10-19(18)27-17)21(25)15-11-20(24)23(12-15)16-7-3-2-4-8-16/h2-10,15,17H,11-14H2,1H3. The number of likely N-dealkylation sites (N-methyl/N-ethyl adjacent to an activating group) is 1. The van der Waals surface area contributed by atoms with E-state index in [-0.39, 0.29) is 30.3 Å². The van der Waals surface area contributed by atoms with E-state index < -0.39 is 0 Å². The fourth-order valence-electron chi connectivity index (χ4n) is 3.59. The summed E-state index contributed by atoms with van der Waals surface area (Å²) in [6, 6.07) is 17.0. The zero-order chi connectivity index (χ0) is 18.8. The Bertz CT molecular complexity index is 839. The van der Waals surface area contributed by atoms with Crippen molar-refractivity contribution in [3.05, 3.63) is 54.6 Å². The summed E-state index contributed by atoms with van der Waals surface area (Å²) in [6.45, 7) is 1.23. The average Bonchev–Trinajstić information content (AvgIpc) is 3.09. The minimum absolute atomic E-state index is 0.0147. The number of carbonyl (C=O) groups excluding carboxylic acids is 2. The zero-order valence-corrected chi connectivity index (χ0v) is 15.2. The van der Waals surface area contributed by atoms with Crippen molar-refractivity contribution in [3.63, 3.8) is 0 Å². The van der Waals surface area contributed by atoms with Crippen molar-refractivity contribution in [1.82, 2.24) is 4.90 Å². The van der Waals surface area contributed by atoms with Gasteiger partial charge in [-0.2, -0.15) is 0 Å². The first-order valence-electron chi connectivity index (χ1n) is 9.10. The second-order valence-electron chi connectivity index (χ2n) is 6.96. The Kier molecular flexibility index (Phi) is 4.71. The molecule has 140 valence electrons. The third-order valence-electron chi connectivity index (χ3n) is 4.96. The molecule has 2 amide bonds. The van der Waals surface area contributed by atoms with E-state index in [4.69, 9.17) is 9.47 Å². The Labute approximate surface area is 158 Å². The minimum Gasteiger partial charge on any atom is -0.486 e. The van der Waals surface area contributed by atoms with Crippen molar-refractivity contribution >= 4 is 17.5 Å². The van der Waals surface area contributed by atoms with E-state index in [9.17, 15) is 9.59 Å². The number of rotatable bonds is 4. The van der Waals surface area contributed by atoms with Gasteiger partial charge in [0.1, 0.15) is 6.61 Å². The number of para-hydroxylation sites is 3. The van der Waals surface area contributed by atoms with Crippen molar-refractivity contribution in [2.45, 2.75) is 12.5 Å². The second kappa shape index (κ2) is 7.31. The molecule has 2 unspecified atom stereocenters. The lowest BCUT2D eigenvalue weighted by Crippen LogP contribution is -2.44. The van der Waals surface area contributed by atoms with Crippen LogP contribution in [0.4, 0.5) is 5.69 Å². The van der Waals surface area contributed by atoms with Gasteiger partial charge in [-0.05, 0) is 24.3 Å². The molecule has 0 radical (unpaired) electrons. The lowest BCUT2D eigenvalue weighted by molar-refractivity contribution is -0.135. The number of hydrogen-bond donors (Lipinski definition) is 0. The van der Waals surface area contributed by atoms with Crippen LogP contribution in [0.3, 0.4) is 0 Å². The van der Waals surface area contributed by atoms with Gasteiger partial charge in [0.15, 0.2) is 17.6 Å².